The summed E-state index contributed by atoms with van der Waals surface area (Å²) in [6.45, 7) is 10.3. The molecule has 0 bridgehead atoms. The van der Waals surface area contributed by atoms with Gasteiger partial charge < -0.3 is 9.84 Å². The molecule has 2 heteroatoms. The number of rotatable bonds is 2. The fraction of sp³-hybridized carbons (Fsp3) is 1.00. The summed E-state index contributed by atoms with van der Waals surface area (Å²) in [6.07, 6.45) is 1.67. The van der Waals surface area contributed by atoms with Gasteiger partial charge in [-0.25, -0.2) is 0 Å². The lowest BCUT2D eigenvalue weighted by molar-refractivity contribution is -0.0777. The Morgan fingerprint density at radius 3 is 2.23 bits per heavy atom. The number of hydrogen-bond acceptors (Lipinski definition) is 2. The van der Waals surface area contributed by atoms with E-state index in [4.69, 9.17) is 4.74 Å². The first-order valence-electron chi connectivity index (χ1n) is 5.11. The topological polar surface area (TPSA) is 29.5 Å². The average molecular weight is 186 g/mol. The van der Waals surface area contributed by atoms with E-state index in [1.54, 1.807) is 0 Å². The van der Waals surface area contributed by atoms with Crippen LogP contribution in [-0.2, 0) is 4.74 Å². The summed E-state index contributed by atoms with van der Waals surface area (Å²) in [5, 5.41) is 9.36. The maximum atomic E-state index is 9.36. The number of ether oxygens (including phenoxy) is 1. The van der Waals surface area contributed by atoms with Gasteiger partial charge in [0.25, 0.3) is 0 Å². The van der Waals surface area contributed by atoms with Crippen molar-refractivity contribution in [1.82, 2.24) is 0 Å². The molecule has 0 amide bonds. The Kier molecular flexibility index (Phi) is 2.75. The summed E-state index contributed by atoms with van der Waals surface area (Å²) in [5.74, 6) is 0.475. The third kappa shape index (κ3) is 2.68. The van der Waals surface area contributed by atoms with Crippen molar-refractivity contribution in [3.63, 3.8) is 0 Å². The van der Waals surface area contributed by atoms with E-state index in [9.17, 15) is 5.11 Å². The third-order valence-electron chi connectivity index (χ3n) is 2.89. The molecule has 2 atom stereocenters. The summed E-state index contributed by atoms with van der Waals surface area (Å²) in [6, 6.07) is 0. The number of aliphatic hydroxyl groups is 1. The average Bonchev–Trinajstić information content (AvgIpc) is 1.98. The third-order valence-corrected chi connectivity index (χ3v) is 2.89. The second kappa shape index (κ2) is 3.25. The van der Waals surface area contributed by atoms with Gasteiger partial charge in [0.1, 0.15) is 0 Å². The highest BCUT2D eigenvalue weighted by atomic mass is 16.5. The second-order valence-corrected chi connectivity index (χ2v) is 5.45. The second-order valence-electron chi connectivity index (χ2n) is 5.45. The molecule has 1 rings (SSSR count). The van der Waals surface area contributed by atoms with E-state index in [1.807, 2.05) is 6.92 Å². The Labute approximate surface area is 81.3 Å². The Morgan fingerprint density at radius 1 is 1.38 bits per heavy atom. The highest BCUT2D eigenvalue weighted by molar-refractivity contribution is 4.94. The van der Waals surface area contributed by atoms with E-state index in [-0.39, 0.29) is 17.3 Å². The molecule has 13 heavy (non-hydrogen) atoms. The van der Waals surface area contributed by atoms with Crippen molar-refractivity contribution in [2.45, 2.75) is 64.8 Å². The SMILES string of the molecule is CC(O)CC1CC(C)(C)OC1(C)C. The predicted octanol–water partition coefficient (Wildman–Crippen LogP) is 2.35. The molecule has 0 saturated carbocycles. The predicted molar refractivity (Wildman–Crippen MR) is 53.6 cm³/mol. The zero-order chi connectivity index (χ0) is 10.3. The standard InChI is InChI=1S/C11H22O2/c1-8(12)6-9-7-10(2,3)13-11(9,4)5/h8-9,12H,6-7H2,1-5H3. The summed E-state index contributed by atoms with van der Waals surface area (Å²) < 4.78 is 5.94. The van der Waals surface area contributed by atoms with Crippen molar-refractivity contribution < 1.29 is 9.84 Å². The maximum Gasteiger partial charge on any atom is 0.0663 e. The van der Waals surface area contributed by atoms with Crippen molar-refractivity contribution in [3.8, 4) is 0 Å². The summed E-state index contributed by atoms with van der Waals surface area (Å²) in [5.41, 5.74) is -0.108. The molecule has 78 valence electrons. The van der Waals surface area contributed by atoms with Crippen LogP contribution in [0.1, 0.15) is 47.5 Å². The fourth-order valence-electron chi connectivity index (χ4n) is 2.46. The van der Waals surface area contributed by atoms with E-state index >= 15 is 0 Å². The van der Waals surface area contributed by atoms with E-state index in [0.717, 1.165) is 12.8 Å². The van der Waals surface area contributed by atoms with Crippen LogP contribution in [0.4, 0.5) is 0 Å². The van der Waals surface area contributed by atoms with Crippen LogP contribution in [-0.4, -0.2) is 22.4 Å². The molecular formula is C11H22O2. The van der Waals surface area contributed by atoms with Gasteiger partial charge in [0, 0.05) is 0 Å². The van der Waals surface area contributed by atoms with Crippen LogP contribution in [0.5, 0.6) is 0 Å². The highest BCUT2D eigenvalue weighted by Crippen LogP contribution is 2.43. The van der Waals surface area contributed by atoms with Crippen LogP contribution >= 0.6 is 0 Å². The minimum absolute atomic E-state index is 0.0247. The van der Waals surface area contributed by atoms with Gasteiger partial charge in [0.2, 0.25) is 0 Å². The Balaban J connectivity index is 2.65. The number of hydrogen-bond donors (Lipinski definition) is 1. The van der Waals surface area contributed by atoms with Crippen molar-refractivity contribution >= 4 is 0 Å². The summed E-state index contributed by atoms with van der Waals surface area (Å²) in [7, 11) is 0. The minimum Gasteiger partial charge on any atom is -0.393 e. The first-order valence-corrected chi connectivity index (χ1v) is 5.11. The van der Waals surface area contributed by atoms with E-state index in [0.29, 0.717) is 5.92 Å². The molecule has 1 aliphatic rings. The monoisotopic (exact) mass is 186 g/mol. The summed E-state index contributed by atoms with van der Waals surface area (Å²) >= 11 is 0. The molecule has 2 nitrogen and oxygen atoms in total. The molecular weight excluding hydrogens is 164 g/mol. The van der Waals surface area contributed by atoms with Gasteiger partial charge in [-0.15, -0.1) is 0 Å². The molecule has 0 spiro atoms. The van der Waals surface area contributed by atoms with Crippen LogP contribution < -0.4 is 0 Å². The molecule has 1 N–H and O–H groups in total. The molecule has 0 aromatic carbocycles. The van der Waals surface area contributed by atoms with Crippen LogP contribution in [0.15, 0.2) is 0 Å². The van der Waals surface area contributed by atoms with Gasteiger partial charge in [-0.2, -0.15) is 0 Å². The fourth-order valence-corrected chi connectivity index (χ4v) is 2.46. The first kappa shape index (κ1) is 11.0. The van der Waals surface area contributed by atoms with Crippen LogP contribution in [0.3, 0.4) is 0 Å². The molecule has 0 aliphatic carbocycles. The quantitative estimate of drug-likeness (QED) is 0.717. The largest absolute Gasteiger partial charge is 0.393 e. The van der Waals surface area contributed by atoms with E-state index < -0.39 is 0 Å². The van der Waals surface area contributed by atoms with Crippen molar-refractivity contribution in [3.05, 3.63) is 0 Å². The molecule has 2 unspecified atom stereocenters. The smallest absolute Gasteiger partial charge is 0.0663 e. The van der Waals surface area contributed by atoms with Crippen molar-refractivity contribution in [2.24, 2.45) is 5.92 Å². The van der Waals surface area contributed by atoms with E-state index in [2.05, 4.69) is 27.7 Å². The van der Waals surface area contributed by atoms with E-state index in [1.165, 1.54) is 0 Å². The molecule has 0 aromatic heterocycles. The molecule has 1 fully saturated rings. The first-order chi connectivity index (χ1) is 5.73. The van der Waals surface area contributed by atoms with Crippen molar-refractivity contribution in [2.75, 3.05) is 0 Å². The van der Waals surface area contributed by atoms with Gasteiger partial charge in [0.15, 0.2) is 0 Å². The molecule has 0 radical (unpaired) electrons. The van der Waals surface area contributed by atoms with Gasteiger partial charge in [-0.1, -0.05) is 0 Å². The lowest BCUT2D eigenvalue weighted by Crippen LogP contribution is -2.30. The van der Waals surface area contributed by atoms with Gasteiger partial charge in [0.05, 0.1) is 17.3 Å². The Bertz CT molecular complexity index is 183. The zero-order valence-corrected chi connectivity index (χ0v) is 9.42. The Hall–Kier alpha value is -0.0800. The van der Waals surface area contributed by atoms with Crippen molar-refractivity contribution in [1.29, 1.82) is 0 Å². The normalized spacial score (nSPS) is 33.2. The molecule has 1 heterocycles. The minimum atomic E-state index is -0.221. The lowest BCUT2D eigenvalue weighted by atomic mass is 9.83. The van der Waals surface area contributed by atoms with Crippen LogP contribution in [0.25, 0.3) is 0 Å². The van der Waals surface area contributed by atoms with Gasteiger partial charge in [-0.3, -0.25) is 0 Å². The lowest BCUT2D eigenvalue weighted by Gasteiger charge is -2.27. The summed E-state index contributed by atoms with van der Waals surface area (Å²) in [4.78, 5) is 0. The van der Waals surface area contributed by atoms with Gasteiger partial charge >= 0.3 is 0 Å². The highest BCUT2D eigenvalue weighted by Gasteiger charge is 2.45. The molecule has 1 aliphatic heterocycles. The zero-order valence-electron chi connectivity index (χ0n) is 9.42. The Morgan fingerprint density at radius 2 is 1.92 bits per heavy atom. The maximum absolute atomic E-state index is 9.36. The van der Waals surface area contributed by atoms with Crippen LogP contribution in [0.2, 0.25) is 0 Å². The van der Waals surface area contributed by atoms with Gasteiger partial charge in [-0.05, 0) is 53.4 Å². The number of aliphatic hydroxyl groups excluding tert-OH is 1. The van der Waals surface area contributed by atoms with Crippen LogP contribution in [0, 0.1) is 5.92 Å². The molecule has 0 aromatic rings. The molecule has 1 saturated heterocycles.